The summed E-state index contributed by atoms with van der Waals surface area (Å²) in [6.07, 6.45) is 0.640. The molecule has 4 heteroatoms. The third-order valence-corrected chi connectivity index (χ3v) is 2.13. The Balaban J connectivity index is 2.26. The zero-order valence-corrected chi connectivity index (χ0v) is 7.68. The van der Waals surface area contributed by atoms with Crippen LogP contribution in [0.15, 0.2) is 35.3 Å². The molecule has 0 saturated carbocycles. The van der Waals surface area contributed by atoms with Gasteiger partial charge in [0.15, 0.2) is 0 Å². The highest BCUT2D eigenvalue weighted by molar-refractivity contribution is 6.03. The minimum atomic E-state index is -0.278. The molecule has 0 fully saturated rings. The van der Waals surface area contributed by atoms with Crippen LogP contribution in [0.5, 0.6) is 0 Å². The van der Waals surface area contributed by atoms with E-state index in [9.17, 15) is 4.79 Å². The summed E-state index contributed by atoms with van der Waals surface area (Å²) in [6, 6.07) is 9.19. The molecule has 0 aliphatic carbocycles. The lowest BCUT2D eigenvalue weighted by atomic mass is 10.2. The van der Waals surface area contributed by atoms with Crippen molar-refractivity contribution in [3.8, 4) is 0 Å². The fraction of sp³-hybridized carbons (Fsp3) is 0.200. The Labute approximate surface area is 82.0 Å². The van der Waals surface area contributed by atoms with Gasteiger partial charge in [0.2, 0.25) is 0 Å². The third-order valence-electron chi connectivity index (χ3n) is 2.13. The lowest BCUT2D eigenvalue weighted by Gasteiger charge is -2.23. The summed E-state index contributed by atoms with van der Waals surface area (Å²) < 4.78 is 0. The maximum absolute atomic E-state index is 11.5. The van der Waals surface area contributed by atoms with Crippen molar-refractivity contribution >= 4 is 17.6 Å². The molecule has 2 rings (SSSR count). The molecule has 1 aliphatic rings. The second-order valence-electron chi connectivity index (χ2n) is 3.12. The molecule has 1 heterocycles. The molecular weight excluding hydrogens is 178 g/mol. The quantitative estimate of drug-likeness (QED) is 0.725. The summed E-state index contributed by atoms with van der Waals surface area (Å²) in [5.74, 6) is 0.419. The van der Waals surface area contributed by atoms with E-state index in [0.29, 0.717) is 18.8 Å². The SMILES string of the molecule is NC1=NC(=O)N(c2ccccc2)CC1. The summed E-state index contributed by atoms with van der Waals surface area (Å²) in [6.45, 7) is 0.609. The average molecular weight is 189 g/mol. The second-order valence-corrected chi connectivity index (χ2v) is 3.12. The molecule has 1 aliphatic heterocycles. The van der Waals surface area contributed by atoms with Crippen molar-refractivity contribution < 1.29 is 4.79 Å². The minimum Gasteiger partial charge on any atom is -0.387 e. The maximum Gasteiger partial charge on any atom is 0.349 e. The number of carbonyl (C=O) groups is 1. The Hall–Kier alpha value is -1.84. The van der Waals surface area contributed by atoms with E-state index >= 15 is 0 Å². The molecular formula is C10H11N3O. The molecule has 0 spiro atoms. The van der Waals surface area contributed by atoms with Crippen molar-refractivity contribution in [3.05, 3.63) is 30.3 Å². The zero-order valence-electron chi connectivity index (χ0n) is 7.68. The lowest BCUT2D eigenvalue weighted by molar-refractivity contribution is 0.253. The van der Waals surface area contributed by atoms with Gasteiger partial charge >= 0.3 is 6.03 Å². The maximum atomic E-state index is 11.5. The number of rotatable bonds is 1. The first-order valence-corrected chi connectivity index (χ1v) is 4.47. The Kier molecular flexibility index (Phi) is 2.18. The predicted octanol–water partition coefficient (Wildman–Crippen LogP) is 1.37. The molecule has 2 amide bonds. The fourth-order valence-corrected chi connectivity index (χ4v) is 1.41. The van der Waals surface area contributed by atoms with E-state index in [1.165, 1.54) is 0 Å². The van der Waals surface area contributed by atoms with Gasteiger partial charge in [-0.2, -0.15) is 4.99 Å². The number of nitrogens with two attached hydrogens (primary N) is 1. The van der Waals surface area contributed by atoms with Crippen LogP contribution in [-0.2, 0) is 0 Å². The number of hydrogen-bond acceptors (Lipinski definition) is 2. The molecule has 0 saturated heterocycles. The van der Waals surface area contributed by atoms with Gasteiger partial charge in [-0.05, 0) is 12.1 Å². The summed E-state index contributed by atoms with van der Waals surface area (Å²) >= 11 is 0. The molecule has 0 radical (unpaired) electrons. The number of carbonyl (C=O) groups excluding carboxylic acids is 1. The van der Waals surface area contributed by atoms with Crippen LogP contribution in [0.1, 0.15) is 6.42 Å². The minimum absolute atomic E-state index is 0.278. The van der Waals surface area contributed by atoms with Crippen LogP contribution in [0.25, 0.3) is 0 Å². The fourth-order valence-electron chi connectivity index (χ4n) is 1.41. The summed E-state index contributed by atoms with van der Waals surface area (Å²) in [5, 5.41) is 0. The lowest BCUT2D eigenvalue weighted by Crippen LogP contribution is -2.37. The van der Waals surface area contributed by atoms with E-state index in [1.807, 2.05) is 30.3 Å². The third kappa shape index (κ3) is 1.59. The number of para-hydroxylation sites is 1. The van der Waals surface area contributed by atoms with E-state index < -0.39 is 0 Å². The van der Waals surface area contributed by atoms with Crippen LogP contribution in [0.3, 0.4) is 0 Å². The number of aliphatic imine (C=N–C) groups is 1. The Bertz CT molecular complexity index is 372. The number of anilines is 1. The van der Waals surface area contributed by atoms with E-state index in [4.69, 9.17) is 5.73 Å². The molecule has 0 unspecified atom stereocenters. The molecule has 4 nitrogen and oxygen atoms in total. The zero-order chi connectivity index (χ0) is 9.97. The highest BCUT2D eigenvalue weighted by atomic mass is 16.2. The van der Waals surface area contributed by atoms with Crippen molar-refractivity contribution in [3.63, 3.8) is 0 Å². The molecule has 2 N–H and O–H groups in total. The van der Waals surface area contributed by atoms with Crippen LogP contribution in [0.4, 0.5) is 10.5 Å². The number of amides is 2. The normalized spacial score (nSPS) is 16.7. The number of benzene rings is 1. The van der Waals surface area contributed by atoms with Crippen molar-refractivity contribution in [2.75, 3.05) is 11.4 Å². The van der Waals surface area contributed by atoms with Crippen LogP contribution in [0.2, 0.25) is 0 Å². The van der Waals surface area contributed by atoms with Crippen LogP contribution >= 0.6 is 0 Å². The van der Waals surface area contributed by atoms with Crippen molar-refractivity contribution in [1.82, 2.24) is 0 Å². The first-order chi connectivity index (χ1) is 6.77. The predicted molar refractivity (Wildman–Crippen MR) is 55.4 cm³/mol. The molecule has 1 aromatic rings. The van der Waals surface area contributed by atoms with Crippen molar-refractivity contribution in [2.45, 2.75) is 6.42 Å². The van der Waals surface area contributed by atoms with Gasteiger partial charge in [-0.15, -0.1) is 0 Å². The van der Waals surface area contributed by atoms with Crippen LogP contribution in [0, 0.1) is 0 Å². The summed E-state index contributed by atoms with van der Waals surface area (Å²) in [5.41, 5.74) is 6.34. The van der Waals surface area contributed by atoms with Crippen LogP contribution in [-0.4, -0.2) is 18.4 Å². The number of urea groups is 1. The molecule has 0 atom stereocenters. The summed E-state index contributed by atoms with van der Waals surface area (Å²) in [4.78, 5) is 16.8. The Morgan fingerprint density at radius 1 is 1.29 bits per heavy atom. The topological polar surface area (TPSA) is 58.7 Å². The molecule has 0 aromatic heterocycles. The van der Waals surface area contributed by atoms with Gasteiger partial charge in [-0.1, -0.05) is 18.2 Å². The molecule has 0 bridgehead atoms. The van der Waals surface area contributed by atoms with Gasteiger partial charge in [0, 0.05) is 18.7 Å². The number of amidine groups is 1. The van der Waals surface area contributed by atoms with Gasteiger partial charge in [-0.3, -0.25) is 4.90 Å². The van der Waals surface area contributed by atoms with E-state index in [-0.39, 0.29) is 6.03 Å². The van der Waals surface area contributed by atoms with Gasteiger partial charge in [0.05, 0.1) is 0 Å². The Morgan fingerprint density at radius 2 is 2.00 bits per heavy atom. The largest absolute Gasteiger partial charge is 0.387 e. The van der Waals surface area contributed by atoms with E-state index in [0.717, 1.165) is 5.69 Å². The highest BCUT2D eigenvalue weighted by Gasteiger charge is 2.19. The van der Waals surface area contributed by atoms with Gasteiger partial charge in [0.1, 0.15) is 5.84 Å². The van der Waals surface area contributed by atoms with Gasteiger partial charge in [-0.25, -0.2) is 4.79 Å². The first kappa shape index (κ1) is 8.74. The monoisotopic (exact) mass is 189 g/mol. The highest BCUT2D eigenvalue weighted by Crippen LogP contribution is 2.16. The van der Waals surface area contributed by atoms with E-state index in [2.05, 4.69) is 4.99 Å². The molecule has 72 valence electrons. The van der Waals surface area contributed by atoms with Crippen molar-refractivity contribution in [1.29, 1.82) is 0 Å². The van der Waals surface area contributed by atoms with E-state index in [1.54, 1.807) is 4.90 Å². The van der Waals surface area contributed by atoms with Crippen molar-refractivity contribution in [2.24, 2.45) is 10.7 Å². The molecule has 14 heavy (non-hydrogen) atoms. The molecule has 1 aromatic carbocycles. The van der Waals surface area contributed by atoms with Crippen LogP contribution < -0.4 is 10.6 Å². The Morgan fingerprint density at radius 3 is 2.64 bits per heavy atom. The smallest absolute Gasteiger partial charge is 0.349 e. The standard InChI is InChI=1S/C10H11N3O/c11-9-6-7-13(10(14)12-9)8-4-2-1-3-5-8/h1-5H,6-7H2,(H2,11,12,14). The average Bonchev–Trinajstić information content (AvgIpc) is 2.19. The second kappa shape index (κ2) is 3.49. The number of hydrogen-bond donors (Lipinski definition) is 1. The summed E-state index contributed by atoms with van der Waals surface area (Å²) in [7, 11) is 0. The van der Waals surface area contributed by atoms with Gasteiger partial charge in [0.25, 0.3) is 0 Å². The number of nitrogens with zero attached hydrogens (tertiary/aromatic N) is 2. The first-order valence-electron chi connectivity index (χ1n) is 4.47. The van der Waals surface area contributed by atoms with Gasteiger partial charge < -0.3 is 5.73 Å².